The Labute approximate surface area is 194 Å². The second kappa shape index (κ2) is 9.00. The number of rotatable bonds is 7. The van der Waals surface area contributed by atoms with Crippen molar-refractivity contribution in [1.29, 1.82) is 0 Å². The van der Waals surface area contributed by atoms with Gasteiger partial charge in [-0.25, -0.2) is 18.8 Å². The highest BCUT2D eigenvalue weighted by Gasteiger charge is 2.52. The number of benzene rings is 1. The van der Waals surface area contributed by atoms with E-state index in [-0.39, 0.29) is 30.1 Å². The van der Waals surface area contributed by atoms with Gasteiger partial charge in [-0.05, 0) is 43.2 Å². The van der Waals surface area contributed by atoms with Crippen molar-refractivity contribution in [3.05, 3.63) is 71.1 Å². The van der Waals surface area contributed by atoms with Crippen LogP contribution in [0.1, 0.15) is 37.6 Å². The predicted molar refractivity (Wildman–Crippen MR) is 115 cm³/mol. The predicted octanol–water partition coefficient (Wildman–Crippen LogP) is 2.45. The van der Waals surface area contributed by atoms with Gasteiger partial charge in [0.05, 0.1) is 30.7 Å². The summed E-state index contributed by atoms with van der Waals surface area (Å²) >= 11 is 0. The van der Waals surface area contributed by atoms with E-state index in [9.17, 15) is 23.6 Å². The third-order valence-electron chi connectivity index (χ3n) is 5.84. The van der Waals surface area contributed by atoms with Gasteiger partial charge in [0.1, 0.15) is 23.2 Å². The first-order valence-corrected chi connectivity index (χ1v) is 10.7. The van der Waals surface area contributed by atoms with Gasteiger partial charge in [-0.2, -0.15) is 0 Å². The number of nitrogens with zero attached hydrogens (tertiary/aromatic N) is 1. The summed E-state index contributed by atoms with van der Waals surface area (Å²) in [5.41, 5.74) is -0.960. The molecule has 3 N–H and O–H groups in total. The molecular formula is C23H23FN4O6. The van der Waals surface area contributed by atoms with Crippen LogP contribution in [0.4, 0.5) is 14.0 Å². The lowest BCUT2D eigenvalue weighted by atomic mass is 9.87. The lowest BCUT2D eigenvalue weighted by Gasteiger charge is -2.30. The van der Waals surface area contributed by atoms with Crippen molar-refractivity contribution < 1.29 is 32.7 Å². The molecule has 34 heavy (non-hydrogen) atoms. The molecule has 0 radical (unpaired) electrons. The summed E-state index contributed by atoms with van der Waals surface area (Å²) in [5, 5.41) is 7.81. The number of furan rings is 1. The SMILES string of the molecule is CCOC(=O)C1=C(CN2C(=O)NC(CC)(c3ccc(F)cc3)C2=O)NC(=O)NC1c1ccco1. The fourth-order valence-electron chi connectivity index (χ4n) is 4.16. The highest BCUT2D eigenvalue weighted by Crippen LogP contribution is 2.34. The molecule has 2 aliphatic rings. The fourth-order valence-corrected chi connectivity index (χ4v) is 4.16. The first kappa shape index (κ1) is 23.0. The van der Waals surface area contributed by atoms with Gasteiger partial charge in [-0.3, -0.25) is 9.69 Å². The van der Waals surface area contributed by atoms with Crippen LogP contribution in [0.2, 0.25) is 0 Å². The maximum absolute atomic E-state index is 13.5. The number of carbonyl (C=O) groups is 4. The zero-order valence-corrected chi connectivity index (χ0v) is 18.5. The first-order chi connectivity index (χ1) is 16.3. The number of esters is 1. The van der Waals surface area contributed by atoms with Crippen molar-refractivity contribution in [3.63, 3.8) is 0 Å². The highest BCUT2D eigenvalue weighted by molar-refractivity contribution is 6.08. The summed E-state index contributed by atoms with van der Waals surface area (Å²) in [7, 11) is 0. The average Bonchev–Trinajstić information content (AvgIpc) is 3.43. The largest absolute Gasteiger partial charge is 0.467 e. The number of ether oxygens (including phenoxy) is 1. The quantitative estimate of drug-likeness (QED) is 0.421. The Morgan fingerprint density at radius 1 is 1.18 bits per heavy atom. The minimum Gasteiger partial charge on any atom is -0.467 e. The zero-order chi connectivity index (χ0) is 24.5. The van der Waals surface area contributed by atoms with Gasteiger partial charge in [0, 0.05) is 0 Å². The molecular weight excluding hydrogens is 447 g/mol. The number of imide groups is 1. The van der Waals surface area contributed by atoms with Crippen molar-refractivity contribution in [1.82, 2.24) is 20.9 Å². The van der Waals surface area contributed by atoms with Gasteiger partial charge in [-0.15, -0.1) is 0 Å². The number of hydrogen-bond donors (Lipinski definition) is 3. The Morgan fingerprint density at radius 3 is 2.53 bits per heavy atom. The number of halogens is 1. The van der Waals surface area contributed by atoms with Crippen molar-refractivity contribution in [2.45, 2.75) is 31.8 Å². The number of carbonyl (C=O) groups excluding carboxylic acids is 4. The van der Waals surface area contributed by atoms with E-state index in [2.05, 4.69) is 16.0 Å². The van der Waals surface area contributed by atoms with Crippen LogP contribution in [-0.4, -0.2) is 42.0 Å². The molecule has 1 aromatic carbocycles. The maximum atomic E-state index is 13.5. The van der Waals surface area contributed by atoms with Crippen LogP contribution in [0.25, 0.3) is 0 Å². The summed E-state index contributed by atoms with van der Waals surface area (Å²) < 4.78 is 24.0. The first-order valence-electron chi connectivity index (χ1n) is 10.7. The van der Waals surface area contributed by atoms with Crippen molar-refractivity contribution >= 4 is 23.9 Å². The molecule has 1 saturated heterocycles. The van der Waals surface area contributed by atoms with E-state index < -0.39 is 47.9 Å². The van der Waals surface area contributed by atoms with Crippen LogP contribution < -0.4 is 16.0 Å². The Bertz CT molecular complexity index is 1160. The van der Waals surface area contributed by atoms with Crippen LogP contribution in [0, 0.1) is 5.82 Å². The van der Waals surface area contributed by atoms with Crippen molar-refractivity contribution in [2.24, 2.45) is 0 Å². The van der Waals surface area contributed by atoms with Crippen LogP contribution in [0.15, 0.2) is 58.3 Å². The Morgan fingerprint density at radius 2 is 1.91 bits per heavy atom. The molecule has 3 heterocycles. The van der Waals surface area contributed by atoms with Gasteiger partial charge in [-0.1, -0.05) is 19.1 Å². The number of hydrogen-bond acceptors (Lipinski definition) is 6. The minimum atomic E-state index is -1.41. The summed E-state index contributed by atoms with van der Waals surface area (Å²) in [5.74, 6) is -1.53. The third-order valence-corrected chi connectivity index (χ3v) is 5.84. The van der Waals surface area contributed by atoms with Crippen molar-refractivity contribution in [3.8, 4) is 0 Å². The molecule has 2 aliphatic heterocycles. The summed E-state index contributed by atoms with van der Waals surface area (Å²) in [6.07, 6.45) is 1.59. The molecule has 0 bridgehead atoms. The van der Waals surface area contributed by atoms with E-state index in [0.29, 0.717) is 5.56 Å². The summed E-state index contributed by atoms with van der Waals surface area (Å²) in [6, 6.07) is 6.12. The van der Waals surface area contributed by atoms with Gasteiger partial charge in [0.15, 0.2) is 0 Å². The molecule has 2 aromatic rings. The van der Waals surface area contributed by atoms with E-state index >= 15 is 0 Å². The van der Waals surface area contributed by atoms with E-state index in [1.54, 1.807) is 26.0 Å². The van der Waals surface area contributed by atoms with Crippen molar-refractivity contribution in [2.75, 3.05) is 13.2 Å². The van der Waals surface area contributed by atoms with Gasteiger partial charge in [0.25, 0.3) is 5.91 Å². The topological polar surface area (TPSA) is 130 Å². The Hall–Kier alpha value is -4.15. The van der Waals surface area contributed by atoms with Crippen LogP contribution >= 0.6 is 0 Å². The van der Waals surface area contributed by atoms with Crippen LogP contribution in [0.5, 0.6) is 0 Å². The van der Waals surface area contributed by atoms with Gasteiger partial charge < -0.3 is 25.1 Å². The van der Waals surface area contributed by atoms with E-state index in [1.807, 2.05) is 0 Å². The smallest absolute Gasteiger partial charge is 0.338 e. The summed E-state index contributed by atoms with van der Waals surface area (Å²) in [6.45, 7) is 3.02. The standard InChI is InChI=1S/C23H23FN4O6/c1-3-23(13-7-9-14(24)10-8-13)20(30)28(22(32)27-23)12-15-17(19(29)33-4-2)18(26-21(31)25-15)16-6-5-11-34-16/h5-11,18H,3-4,12H2,1-2H3,(H,27,32)(H2,25,26,31). The Balaban J connectivity index is 1.73. The molecule has 10 nitrogen and oxygen atoms in total. The molecule has 2 atom stereocenters. The van der Waals surface area contributed by atoms with Crippen LogP contribution in [0.3, 0.4) is 0 Å². The lowest BCUT2D eigenvalue weighted by molar-refractivity contribution is -0.139. The van der Waals surface area contributed by atoms with Crippen LogP contribution in [-0.2, 0) is 19.9 Å². The summed E-state index contributed by atoms with van der Waals surface area (Å²) in [4.78, 5) is 52.5. The molecule has 0 saturated carbocycles. The monoisotopic (exact) mass is 470 g/mol. The second-order valence-corrected chi connectivity index (χ2v) is 7.75. The maximum Gasteiger partial charge on any atom is 0.338 e. The number of nitrogens with one attached hydrogen (secondary N) is 3. The number of amides is 5. The van der Waals surface area contributed by atoms with E-state index in [4.69, 9.17) is 9.15 Å². The average molecular weight is 470 g/mol. The molecule has 5 amide bonds. The molecule has 11 heteroatoms. The lowest BCUT2D eigenvalue weighted by Crippen LogP contribution is -2.49. The highest BCUT2D eigenvalue weighted by atomic mass is 19.1. The number of urea groups is 2. The van der Waals surface area contributed by atoms with E-state index in [1.165, 1.54) is 30.5 Å². The minimum absolute atomic E-state index is 0.00720. The molecule has 178 valence electrons. The molecule has 4 rings (SSSR count). The Kier molecular flexibility index (Phi) is 6.10. The van der Waals surface area contributed by atoms with Gasteiger partial charge in [0.2, 0.25) is 0 Å². The van der Waals surface area contributed by atoms with Gasteiger partial charge >= 0.3 is 18.0 Å². The third kappa shape index (κ3) is 3.89. The molecule has 0 spiro atoms. The molecule has 2 unspecified atom stereocenters. The molecule has 0 aliphatic carbocycles. The normalized spacial score (nSPS) is 22.4. The molecule has 1 fully saturated rings. The fraction of sp³-hybridized carbons (Fsp3) is 0.304. The molecule has 1 aromatic heterocycles. The second-order valence-electron chi connectivity index (χ2n) is 7.75. The zero-order valence-electron chi connectivity index (χ0n) is 18.5. The van der Waals surface area contributed by atoms with E-state index in [0.717, 1.165) is 4.90 Å².